The molecule has 4 rings (SSSR count). The Bertz CT molecular complexity index is 1180. The maximum absolute atomic E-state index is 12.8. The van der Waals surface area contributed by atoms with Crippen LogP contribution in [0.3, 0.4) is 0 Å². The van der Waals surface area contributed by atoms with E-state index in [0.29, 0.717) is 37.5 Å². The average molecular weight is 454 g/mol. The van der Waals surface area contributed by atoms with Crippen LogP contribution < -0.4 is 5.32 Å². The minimum Gasteiger partial charge on any atom is -0.356 e. The predicted molar refractivity (Wildman–Crippen MR) is 127 cm³/mol. The molecule has 1 N–H and O–H groups in total. The second-order valence-corrected chi connectivity index (χ2v) is 10.5. The summed E-state index contributed by atoms with van der Waals surface area (Å²) in [6.07, 6.45) is 5.85. The molecule has 1 aliphatic rings. The number of fused-ring (bicyclic) bond motifs is 1. The van der Waals surface area contributed by atoms with Crippen LogP contribution >= 0.6 is 0 Å². The molecule has 0 radical (unpaired) electrons. The van der Waals surface area contributed by atoms with Gasteiger partial charge in [0.2, 0.25) is 15.9 Å². The molecule has 7 heteroatoms. The molecule has 1 fully saturated rings. The van der Waals surface area contributed by atoms with Crippen molar-refractivity contribution < 1.29 is 13.2 Å². The molecule has 3 aromatic rings. The van der Waals surface area contributed by atoms with Gasteiger partial charge in [0.15, 0.2) is 0 Å². The SMILES string of the molecule is Cc1ccc(CCNC(=O)CCCn2ccc3cc(S(=O)(=O)N4CCCC4)ccc32)cc1. The van der Waals surface area contributed by atoms with E-state index in [1.165, 1.54) is 11.1 Å². The number of nitrogens with one attached hydrogen (secondary N) is 1. The van der Waals surface area contributed by atoms with Crippen LogP contribution in [0.25, 0.3) is 10.9 Å². The van der Waals surface area contributed by atoms with Crippen molar-refractivity contribution in [1.29, 1.82) is 0 Å². The zero-order valence-electron chi connectivity index (χ0n) is 18.6. The van der Waals surface area contributed by atoms with Gasteiger partial charge in [-0.3, -0.25) is 4.79 Å². The van der Waals surface area contributed by atoms with E-state index in [0.717, 1.165) is 36.6 Å². The average Bonchev–Trinajstić information content (AvgIpc) is 3.46. The highest BCUT2D eigenvalue weighted by Gasteiger charge is 2.27. The van der Waals surface area contributed by atoms with Gasteiger partial charge in [-0.2, -0.15) is 4.31 Å². The lowest BCUT2D eigenvalue weighted by Gasteiger charge is -2.15. The number of aromatic nitrogens is 1. The molecule has 2 aromatic carbocycles. The van der Waals surface area contributed by atoms with E-state index < -0.39 is 10.0 Å². The minimum absolute atomic E-state index is 0.0626. The second kappa shape index (κ2) is 9.88. The molecule has 1 aromatic heterocycles. The fraction of sp³-hybridized carbons (Fsp3) is 0.400. The molecule has 2 heterocycles. The molecule has 0 atom stereocenters. The summed E-state index contributed by atoms with van der Waals surface area (Å²) in [5.74, 6) is 0.0626. The van der Waals surface area contributed by atoms with Gasteiger partial charge in [-0.1, -0.05) is 29.8 Å². The molecule has 0 spiro atoms. The minimum atomic E-state index is -3.41. The topological polar surface area (TPSA) is 71.4 Å². The third kappa shape index (κ3) is 5.22. The molecule has 6 nitrogen and oxygen atoms in total. The summed E-state index contributed by atoms with van der Waals surface area (Å²) < 4.78 is 29.3. The van der Waals surface area contributed by atoms with Crippen molar-refractivity contribution in [3.05, 3.63) is 65.9 Å². The normalized spacial score (nSPS) is 14.8. The summed E-state index contributed by atoms with van der Waals surface area (Å²) in [4.78, 5) is 12.5. The number of hydrogen-bond acceptors (Lipinski definition) is 3. The van der Waals surface area contributed by atoms with Gasteiger partial charge in [-0.25, -0.2) is 8.42 Å². The summed E-state index contributed by atoms with van der Waals surface area (Å²) in [5, 5.41) is 3.90. The smallest absolute Gasteiger partial charge is 0.243 e. The van der Waals surface area contributed by atoms with Crippen LogP contribution in [0.1, 0.15) is 36.8 Å². The zero-order valence-corrected chi connectivity index (χ0v) is 19.4. The molecule has 1 aliphatic heterocycles. The highest BCUT2D eigenvalue weighted by atomic mass is 32.2. The van der Waals surface area contributed by atoms with Gasteiger partial charge in [0, 0.05) is 49.7 Å². The first-order valence-corrected chi connectivity index (χ1v) is 12.8. The van der Waals surface area contributed by atoms with E-state index in [4.69, 9.17) is 0 Å². The monoisotopic (exact) mass is 453 g/mol. The Morgan fingerprint density at radius 3 is 2.53 bits per heavy atom. The van der Waals surface area contributed by atoms with Crippen molar-refractivity contribution in [1.82, 2.24) is 14.2 Å². The number of sulfonamides is 1. The lowest BCUT2D eigenvalue weighted by Crippen LogP contribution is -2.27. The molecular formula is C25H31N3O3S. The number of nitrogens with zero attached hydrogens (tertiary/aromatic N) is 2. The van der Waals surface area contributed by atoms with Gasteiger partial charge in [0.25, 0.3) is 0 Å². The lowest BCUT2D eigenvalue weighted by molar-refractivity contribution is -0.121. The number of benzene rings is 2. The Morgan fingerprint density at radius 1 is 1.03 bits per heavy atom. The Balaban J connectivity index is 1.28. The van der Waals surface area contributed by atoms with Crippen LogP contribution in [0.4, 0.5) is 0 Å². The zero-order chi connectivity index (χ0) is 22.6. The predicted octanol–water partition coefficient (Wildman–Crippen LogP) is 3.87. The van der Waals surface area contributed by atoms with Crippen LogP contribution in [0.5, 0.6) is 0 Å². The number of aryl methyl sites for hydroxylation is 2. The summed E-state index contributed by atoms with van der Waals surface area (Å²) in [5.41, 5.74) is 3.45. The standard InChI is InChI=1S/C25H31N3O3S/c1-20-6-8-21(9-7-20)12-14-26-25(29)5-4-15-27-18-13-22-19-23(10-11-24(22)27)32(30,31)28-16-2-3-17-28/h6-11,13,18-19H,2-5,12,14-17H2,1H3,(H,26,29). The van der Waals surface area contributed by atoms with Gasteiger partial charge >= 0.3 is 0 Å². The highest BCUT2D eigenvalue weighted by Crippen LogP contribution is 2.25. The van der Waals surface area contributed by atoms with E-state index >= 15 is 0 Å². The van der Waals surface area contributed by atoms with Crippen molar-refractivity contribution >= 4 is 26.8 Å². The third-order valence-electron chi connectivity index (χ3n) is 6.10. The van der Waals surface area contributed by atoms with Crippen molar-refractivity contribution in [3.8, 4) is 0 Å². The molecule has 0 unspecified atom stereocenters. The largest absolute Gasteiger partial charge is 0.356 e. The van der Waals surface area contributed by atoms with Crippen molar-refractivity contribution in [2.45, 2.75) is 50.5 Å². The van der Waals surface area contributed by atoms with Gasteiger partial charge in [-0.05, 0) is 62.4 Å². The van der Waals surface area contributed by atoms with Gasteiger partial charge in [0.1, 0.15) is 0 Å². The Morgan fingerprint density at radius 2 is 1.78 bits per heavy atom. The molecule has 170 valence electrons. The quantitative estimate of drug-likeness (QED) is 0.535. The number of carbonyl (C=O) groups excluding carboxylic acids is 1. The number of rotatable bonds is 9. The van der Waals surface area contributed by atoms with Crippen LogP contribution in [0.15, 0.2) is 59.6 Å². The van der Waals surface area contributed by atoms with Crippen molar-refractivity contribution in [2.24, 2.45) is 0 Å². The van der Waals surface area contributed by atoms with E-state index in [1.807, 2.05) is 18.3 Å². The van der Waals surface area contributed by atoms with Crippen molar-refractivity contribution in [3.63, 3.8) is 0 Å². The van der Waals surface area contributed by atoms with Gasteiger partial charge < -0.3 is 9.88 Å². The van der Waals surface area contributed by atoms with Crippen molar-refractivity contribution in [2.75, 3.05) is 19.6 Å². The van der Waals surface area contributed by atoms with E-state index in [-0.39, 0.29) is 5.91 Å². The van der Waals surface area contributed by atoms with Crippen LogP contribution in [-0.4, -0.2) is 42.8 Å². The number of amides is 1. The summed E-state index contributed by atoms with van der Waals surface area (Å²) in [7, 11) is -3.41. The first kappa shape index (κ1) is 22.6. The summed E-state index contributed by atoms with van der Waals surface area (Å²) in [6.45, 7) is 4.63. The summed E-state index contributed by atoms with van der Waals surface area (Å²) in [6, 6.07) is 15.6. The lowest BCUT2D eigenvalue weighted by atomic mass is 10.1. The molecule has 0 aliphatic carbocycles. The fourth-order valence-electron chi connectivity index (χ4n) is 4.21. The Labute approximate surface area is 190 Å². The molecule has 32 heavy (non-hydrogen) atoms. The Kier molecular flexibility index (Phi) is 6.96. The van der Waals surface area contributed by atoms with Gasteiger partial charge in [-0.15, -0.1) is 0 Å². The number of carbonyl (C=O) groups is 1. The fourth-order valence-corrected chi connectivity index (χ4v) is 5.76. The maximum atomic E-state index is 12.8. The summed E-state index contributed by atoms with van der Waals surface area (Å²) >= 11 is 0. The van der Waals surface area contributed by atoms with Crippen LogP contribution in [-0.2, 0) is 27.8 Å². The molecule has 1 amide bonds. The first-order valence-electron chi connectivity index (χ1n) is 11.3. The van der Waals surface area contributed by atoms with E-state index in [9.17, 15) is 13.2 Å². The molecule has 0 bridgehead atoms. The first-order chi connectivity index (χ1) is 15.4. The molecular weight excluding hydrogens is 422 g/mol. The van der Waals surface area contributed by atoms with E-state index in [1.54, 1.807) is 16.4 Å². The third-order valence-corrected chi connectivity index (χ3v) is 8.00. The van der Waals surface area contributed by atoms with Crippen LogP contribution in [0.2, 0.25) is 0 Å². The number of hydrogen-bond donors (Lipinski definition) is 1. The Hall–Kier alpha value is -2.64. The second-order valence-electron chi connectivity index (χ2n) is 8.53. The molecule has 1 saturated heterocycles. The van der Waals surface area contributed by atoms with Gasteiger partial charge in [0.05, 0.1) is 4.90 Å². The molecule has 0 saturated carbocycles. The maximum Gasteiger partial charge on any atom is 0.243 e. The van der Waals surface area contributed by atoms with Crippen LogP contribution in [0, 0.1) is 6.92 Å². The van der Waals surface area contributed by atoms with E-state index in [2.05, 4.69) is 41.1 Å². The highest BCUT2D eigenvalue weighted by molar-refractivity contribution is 7.89.